The van der Waals surface area contributed by atoms with Crippen molar-refractivity contribution in [3.05, 3.63) is 29.3 Å². The molecule has 0 aliphatic carbocycles. The molecule has 0 saturated carbocycles. The fourth-order valence-electron chi connectivity index (χ4n) is 2.57. The van der Waals surface area contributed by atoms with Crippen molar-refractivity contribution in [2.45, 2.75) is 38.2 Å². The van der Waals surface area contributed by atoms with E-state index in [0.717, 1.165) is 17.7 Å². The summed E-state index contributed by atoms with van der Waals surface area (Å²) in [5.41, 5.74) is 7.81. The molecular formula is C15H21NO3. The van der Waals surface area contributed by atoms with Gasteiger partial charge in [0.1, 0.15) is 11.4 Å². The van der Waals surface area contributed by atoms with Crippen LogP contribution < -0.4 is 10.5 Å². The SMILES string of the molecule is COC(=O)CC(CN)c1cccc2c1OC(C)(C)C2. The van der Waals surface area contributed by atoms with Gasteiger partial charge in [0.05, 0.1) is 13.5 Å². The molecule has 1 heterocycles. The monoisotopic (exact) mass is 263 g/mol. The molecule has 104 valence electrons. The van der Waals surface area contributed by atoms with Crippen molar-refractivity contribution < 1.29 is 14.3 Å². The first-order chi connectivity index (χ1) is 8.96. The number of nitrogens with two attached hydrogens (primary N) is 1. The van der Waals surface area contributed by atoms with Crippen molar-refractivity contribution in [3.63, 3.8) is 0 Å². The standard InChI is InChI=1S/C15H21NO3/c1-15(2)8-10-5-4-6-12(14(10)19-15)11(9-16)7-13(17)18-3/h4-6,11H,7-9,16H2,1-3H3. The Morgan fingerprint density at radius 3 is 2.89 bits per heavy atom. The van der Waals surface area contributed by atoms with Crippen molar-refractivity contribution in [1.82, 2.24) is 0 Å². The van der Waals surface area contributed by atoms with E-state index in [2.05, 4.69) is 19.9 Å². The van der Waals surface area contributed by atoms with Gasteiger partial charge in [0.2, 0.25) is 0 Å². The van der Waals surface area contributed by atoms with Gasteiger partial charge in [-0.2, -0.15) is 0 Å². The molecule has 1 aliphatic rings. The average Bonchev–Trinajstić information content (AvgIpc) is 2.69. The van der Waals surface area contributed by atoms with E-state index in [1.807, 2.05) is 12.1 Å². The van der Waals surface area contributed by atoms with E-state index in [1.165, 1.54) is 12.7 Å². The maximum absolute atomic E-state index is 11.5. The number of carbonyl (C=O) groups excluding carboxylic acids is 1. The Morgan fingerprint density at radius 2 is 2.26 bits per heavy atom. The van der Waals surface area contributed by atoms with Gasteiger partial charge in [-0.1, -0.05) is 18.2 Å². The van der Waals surface area contributed by atoms with Crippen LogP contribution in [0.2, 0.25) is 0 Å². The number of rotatable bonds is 4. The molecule has 0 fully saturated rings. The van der Waals surface area contributed by atoms with Gasteiger partial charge in [-0.15, -0.1) is 0 Å². The summed E-state index contributed by atoms with van der Waals surface area (Å²) >= 11 is 0. The molecule has 4 nitrogen and oxygen atoms in total. The van der Waals surface area contributed by atoms with E-state index in [9.17, 15) is 4.79 Å². The number of benzene rings is 1. The summed E-state index contributed by atoms with van der Waals surface area (Å²) in [5.74, 6) is 0.591. The normalized spacial score (nSPS) is 17.5. The average molecular weight is 263 g/mol. The van der Waals surface area contributed by atoms with Gasteiger partial charge in [-0.25, -0.2) is 0 Å². The predicted octanol–water partition coefficient (Wildman–Crippen LogP) is 2.01. The van der Waals surface area contributed by atoms with Gasteiger partial charge in [0.25, 0.3) is 0 Å². The second-order valence-electron chi connectivity index (χ2n) is 5.59. The third-order valence-electron chi connectivity index (χ3n) is 3.49. The van der Waals surface area contributed by atoms with Gasteiger partial charge < -0.3 is 15.2 Å². The molecule has 0 spiro atoms. The van der Waals surface area contributed by atoms with E-state index in [0.29, 0.717) is 6.54 Å². The van der Waals surface area contributed by atoms with Crippen molar-refractivity contribution in [2.75, 3.05) is 13.7 Å². The second-order valence-corrected chi connectivity index (χ2v) is 5.59. The molecule has 2 rings (SSSR count). The molecular weight excluding hydrogens is 242 g/mol. The molecule has 0 saturated heterocycles. The van der Waals surface area contributed by atoms with E-state index >= 15 is 0 Å². The number of carbonyl (C=O) groups is 1. The lowest BCUT2D eigenvalue weighted by atomic mass is 9.92. The molecule has 1 aromatic carbocycles. The fourth-order valence-corrected chi connectivity index (χ4v) is 2.57. The minimum absolute atomic E-state index is 0.0590. The minimum atomic E-state index is -0.245. The van der Waals surface area contributed by atoms with E-state index < -0.39 is 0 Å². The van der Waals surface area contributed by atoms with E-state index in [1.54, 1.807) is 0 Å². The zero-order chi connectivity index (χ0) is 14.0. The first kappa shape index (κ1) is 13.9. The molecule has 1 atom stereocenters. The Kier molecular flexibility index (Phi) is 3.80. The molecule has 1 unspecified atom stereocenters. The molecule has 19 heavy (non-hydrogen) atoms. The molecule has 2 N–H and O–H groups in total. The third-order valence-corrected chi connectivity index (χ3v) is 3.49. The van der Waals surface area contributed by atoms with Crippen molar-refractivity contribution in [2.24, 2.45) is 5.73 Å². The summed E-state index contributed by atoms with van der Waals surface area (Å²) in [7, 11) is 1.39. The lowest BCUT2D eigenvalue weighted by Gasteiger charge is -2.21. The van der Waals surface area contributed by atoms with Crippen LogP contribution in [-0.2, 0) is 16.0 Å². The Morgan fingerprint density at radius 1 is 1.53 bits per heavy atom. The molecule has 4 heteroatoms. The largest absolute Gasteiger partial charge is 0.487 e. The molecule has 1 aliphatic heterocycles. The fraction of sp³-hybridized carbons (Fsp3) is 0.533. The van der Waals surface area contributed by atoms with Crippen LogP contribution in [-0.4, -0.2) is 25.2 Å². The third kappa shape index (κ3) is 2.89. The smallest absolute Gasteiger partial charge is 0.306 e. The molecule has 0 radical (unpaired) electrons. The van der Waals surface area contributed by atoms with Crippen molar-refractivity contribution in [1.29, 1.82) is 0 Å². The molecule has 0 aromatic heterocycles. The van der Waals surface area contributed by atoms with Crippen LogP contribution >= 0.6 is 0 Å². The highest BCUT2D eigenvalue weighted by Crippen LogP contribution is 2.41. The minimum Gasteiger partial charge on any atom is -0.487 e. The highest BCUT2D eigenvalue weighted by molar-refractivity contribution is 5.70. The van der Waals surface area contributed by atoms with Crippen LogP contribution in [0.3, 0.4) is 0 Å². The maximum atomic E-state index is 11.5. The summed E-state index contributed by atoms with van der Waals surface area (Å²) in [6.07, 6.45) is 1.17. The summed E-state index contributed by atoms with van der Waals surface area (Å²) in [5, 5.41) is 0. The van der Waals surface area contributed by atoms with Gasteiger partial charge in [-0.3, -0.25) is 4.79 Å². The van der Waals surface area contributed by atoms with E-state index in [-0.39, 0.29) is 23.9 Å². The van der Waals surface area contributed by atoms with Crippen LogP contribution in [0.5, 0.6) is 5.75 Å². The van der Waals surface area contributed by atoms with Crippen LogP contribution in [0.1, 0.15) is 37.3 Å². The van der Waals surface area contributed by atoms with Crippen LogP contribution in [0.4, 0.5) is 0 Å². The molecule has 0 amide bonds. The Balaban J connectivity index is 2.31. The first-order valence-electron chi connectivity index (χ1n) is 6.54. The predicted molar refractivity (Wildman–Crippen MR) is 73.3 cm³/mol. The highest BCUT2D eigenvalue weighted by atomic mass is 16.5. The topological polar surface area (TPSA) is 61.5 Å². The van der Waals surface area contributed by atoms with Gasteiger partial charge in [0.15, 0.2) is 0 Å². The molecule has 0 bridgehead atoms. The lowest BCUT2D eigenvalue weighted by Crippen LogP contribution is -2.25. The number of esters is 1. The maximum Gasteiger partial charge on any atom is 0.306 e. The van der Waals surface area contributed by atoms with Gasteiger partial charge in [0, 0.05) is 12.3 Å². The quantitative estimate of drug-likeness (QED) is 0.844. The number of hydrogen-bond donors (Lipinski definition) is 1. The van der Waals surface area contributed by atoms with Crippen LogP contribution in [0.15, 0.2) is 18.2 Å². The number of fused-ring (bicyclic) bond motifs is 1. The van der Waals surface area contributed by atoms with E-state index in [4.69, 9.17) is 15.2 Å². The van der Waals surface area contributed by atoms with Crippen molar-refractivity contribution >= 4 is 5.97 Å². The highest BCUT2D eigenvalue weighted by Gasteiger charge is 2.33. The summed E-state index contributed by atoms with van der Waals surface area (Å²) in [4.78, 5) is 11.5. The number of hydrogen-bond acceptors (Lipinski definition) is 4. The van der Waals surface area contributed by atoms with Gasteiger partial charge in [-0.05, 0) is 31.5 Å². The molecule has 1 aromatic rings. The number of ether oxygens (including phenoxy) is 2. The summed E-state index contributed by atoms with van der Waals surface area (Å²) < 4.78 is 10.7. The number of methoxy groups -OCH3 is 1. The van der Waals surface area contributed by atoms with Crippen LogP contribution in [0.25, 0.3) is 0 Å². The Hall–Kier alpha value is -1.55. The second kappa shape index (κ2) is 5.21. The van der Waals surface area contributed by atoms with Crippen molar-refractivity contribution in [3.8, 4) is 5.75 Å². The zero-order valence-corrected chi connectivity index (χ0v) is 11.7. The number of para-hydroxylation sites is 1. The van der Waals surface area contributed by atoms with Crippen LogP contribution in [0, 0.1) is 0 Å². The first-order valence-corrected chi connectivity index (χ1v) is 6.54. The Labute approximate surface area is 113 Å². The summed E-state index contributed by atoms with van der Waals surface area (Å²) in [6, 6.07) is 6.05. The summed E-state index contributed by atoms with van der Waals surface area (Å²) in [6.45, 7) is 4.53. The van der Waals surface area contributed by atoms with Gasteiger partial charge >= 0.3 is 5.97 Å². The zero-order valence-electron chi connectivity index (χ0n) is 11.7. The Bertz CT molecular complexity index is 482. The lowest BCUT2D eigenvalue weighted by molar-refractivity contribution is -0.141.